The van der Waals surface area contributed by atoms with Gasteiger partial charge in [-0.1, -0.05) is 46.3 Å². The van der Waals surface area contributed by atoms with Gasteiger partial charge in [0.05, 0.1) is 0 Å². The van der Waals surface area contributed by atoms with E-state index in [1.54, 1.807) is 0 Å². The molecule has 0 radical (unpaired) electrons. The van der Waals surface area contributed by atoms with Crippen LogP contribution in [-0.2, 0) is 6.54 Å². The number of nitrogens with zero attached hydrogens (tertiary/aromatic N) is 1. The molecule has 1 unspecified atom stereocenters. The van der Waals surface area contributed by atoms with Crippen molar-refractivity contribution < 1.29 is 0 Å². The predicted octanol–water partition coefficient (Wildman–Crippen LogP) is 3.83. The molecule has 0 amide bonds. The van der Waals surface area contributed by atoms with Gasteiger partial charge in [-0.15, -0.1) is 0 Å². The van der Waals surface area contributed by atoms with Crippen LogP contribution in [0.2, 0.25) is 0 Å². The van der Waals surface area contributed by atoms with Crippen molar-refractivity contribution in [2.75, 3.05) is 11.9 Å². The zero-order valence-corrected chi connectivity index (χ0v) is 11.3. The second-order valence-corrected chi connectivity index (χ2v) is 5.38. The first-order valence-electron chi connectivity index (χ1n) is 6.24. The monoisotopic (exact) mass is 281 g/mol. The van der Waals surface area contributed by atoms with Crippen molar-refractivity contribution in [2.45, 2.75) is 38.3 Å². The molecule has 1 aromatic rings. The summed E-state index contributed by atoms with van der Waals surface area (Å²) in [6, 6.07) is 11.7. The van der Waals surface area contributed by atoms with E-state index < -0.39 is 0 Å². The summed E-state index contributed by atoms with van der Waals surface area (Å²) in [5, 5.41) is 1.14. The van der Waals surface area contributed by atoms with Gasteiger partial charge in [0.1, 0.15) is 0 Å². The Kier molecular flexibility index (Phi) is 4.86. The summed E-state index contributed by atoms with van der Waals surface area (Å²) < 4.78 is 0. The van der Waals surface area contributed by atoms with Gasteiger partial charge in [0.2, 0.25) is 0 Å². The fourth-order valence-corrected chi connectivity index (χ4v) is 2.88. The Labute approximate surface area is 107 Å². The third kappa shape index (κ3) is 3.33. The maximum absolute atomic E-state index is 3.52. The van der Waals surface area contributed by atoms with E-state index in [0.29, 0.717) is 0 Å². The Morgan fingerprint density at radius 2 is 2.06 bits per heavy atom. The quantitative estimate of drug-likeness (QED) is 0.742. The molecule has 0 spiro atoms. The minimum atomic E-state index is 0.817. The minimum absolute atomic E-state index is 0.817. The molecule has 1 heterocycles. The number of hydrogen-bond donors (Lipinski definition) is 0. The minimum Gasteiger partial charge on any atom is -0.296 e. The van der Waals surface area contributed by atoms with Crippen LogP contribution in [0.1, 0.15) is 31.2 Å². The fourth-order valence-electron chi connectivity index (χ4n) is 2.56. The molecule has 0 aromatic heterocycles. The van der Waals surface area contributed by atoms with E-state index in [1.807, 2.05) is 0 Å². The van der Waals surface area contributed by atoms with E-state index in [0.717, 1.165) is 17.9 Å². The third-order valence-corrected chi connectivity index (χ3v) is 3.96. The molecular weight excluding hydrogens is 262 g/mol. The number of alkyl halides is 1. The Morgan fingerprint density at radius 1 is 1.25 bits per heavy atom. The average molecular weight is 282 g/mol. The van der Waals surface area contributed by atoms with E-state index in [9.17, 15) is 0 Å². The summed E-state index contributed by atoms with van der Waals surface area (Å²) >= 11 is 3.52. The van der Waals surface area contributed by atoms with E-state index in [4.69, 9.17) is 0 Å². The largest absolute Gasteiger partial charge is 0.296 e. The topological polar surface area (TPSA) is 3.24 Å². The van der Waals surface area contributed by atoms with Gasteiger partial charge >= 0.3 is 0 Å². The number of halogens is 1. The van der Waals surface area contributed by atoms with Crippen LogP contribution in [0, 0.1) is 0 Å². The SMILES string of the molecule is BrCCCC1CCCN1Cc1ccccc1. The van der Waals surface area contributed by atoms with E-state index >= 15 is 0 Å². The van der Waals surface area contributed by atoms with Crippen LogP contribution in [0.25, 0.3) is 0 Å². The highest BCUT2D eigenvalue weighted by Gasteiger charge is 2.23. The first kappa shape index (κ1) is 12.1. The predicted molar refractivity (Wildman–Crippen MR) is 72.9 cm³/mol. The van der Waals surface area contributed by atoms with Crippen LogP contribution in [0.3, 0.4) is 0 Å². The molecule has 0 N–H and O–H groups in total. The van der Waals surface area contributed by atoms with Crippen molar-refractivity contribution in [2.24, 2.45) is 0 Å². The molecule has 1 aliphatic heterocycles. The lowest BCUT2D eigenvalue weighted by atomic mass is 10.1. The average Bonchev–Trinajstić information content (AvgIpc) is 2.75. The summed E-state index contributed by atoms with van der Waals surface area (Å²) in [6.45, 7) is 2.41. The molecular formula is C14H20BrN. The van der Waals surface area contributed by atoms with Crippen LogP contribution in [0.4, 0.5) is 0 Å². The summed E-state index contributed by atoms with van der Waals surface area (Å²) in [4.78, 5) is 2.65. The first-order chi connectivity index (χ1) is 7.90. The van der Waals surface area contributed by atoms with Crippen molar-refractivity contribution >= 4 is 15.9 Å². The van der Waals surface area contributed by atoms with Gasteiger partial charge in [0.15, 0.2) is 0 Å². The number of benzene rings is 1. The molecule has 0 saturated carbocycles. The fraction of sp³-hybridized carbons (Fsp3) is 0.571. The first-order valence-corrected chi connectivity index (χ1v) is 7.36. The van der Waals surface area contributed by atoms with Gasteiger partial charge in [-0.25, -0.2) is 0 Å². The molecule has 16 heavy (non-hydrogen) atoms. The Bertz CT molecular complexity index is 299. The summed E-state index contributed by atoms with van der Waals surface area (Å²) in [7, 11) is 0. The molecule has 1 atom stereocenters. The highest BCUT2D eigenvalue weighted by Crippen LogP contribution is 2.23. The Morgan fingerprint density at radius 3 is 2.81 bits per heavy atom. The lowest BCUT2D eigenvalue weighted by molar-refractivity contribution is 0.234. The van der Waals surface area contributed by atoms with Crippen LogP contribution in [0.15, 0.2) is 30.3 Å². The number of hydrogen-bond acceptors (Lipinski definition) is 1. The van der Waals surface area contributed by atoms with Gasteiger partial charge in [-0.05, 0) is 37.8 Å². The normalized spacial score (nSPS) is 21.4. The van der Waals surface area contributed by atoms with Crippen molar-refractivity contribution in [3.8, 4) is 0 Å². The molecule has 2 heteroatoms. The summed E-state index contributed by atoms with van der Waals surface area (Å²) in [6.07, 6.45) is 5.41. The maximum atomic E-state index is 3.52. The van der Waals surface area contributed by atoms with Crippen molar-refractivity contribution in [3.63, 3.8) is 0 Å². The summed E-state index contributed by atoms with van der Waals surface area (Å²) in [5.41, 5.74) is 1.45. The van der Waals surface area contributed by atoms with Crippen molar-refractivity contribution in [1.82, 2.24) is 4.90 Å². The van der Waals surface area contributed by atoms with E-state index in [1.165, 1.54) is 37.8 Å². The van der Waals surface area contributed by atoms with Gasteiger partial charge in [-0.2, -0.15) is 0 Å². The van der Waals surface area contributed by atoms with Crippen LogP contribution in [-0.4, -0.2) is 22.8 Å². The third-order valence-electron chi connectivity index (χ3n) is 3.40. The van der Waals surface area contributed by atoms with E-state index in [-0.39, 0.29) is 0 Å². The smallest absolute Gasteiger partial charge is 0.0236 e. The maximum Gasteiger partial charge on any atom is 0.0236 e. The molecule has 88 valence electrons. The molecule has 2 rings (SSSR count). The van der Waals surface area contributed by atoms with Gasteiger partial charge in [0, 0.05) is 17.9 Å². The number of likely N-dealkylation sites (tertiary alicyclic amines) is 1. The molecule has 1 aliphatic rings. The molecule has 1 saturated heterocycles. The van der Waals surface area contributed by atoms with Crippen molar-refractivity contribution in [1.29, 1.82) is 0 Å². The van der Waals surface area contributed by atoms with Gasteiger partial charge in [0.25, 0.3) is 0 Å². The van der Waals surface area contributed by atoms with Crippen molar-refractivity contribution in [3.05, 3.63) is 35.9 Å². The Hall–Kier alpha value is -0.340. The van der Waals surface area contributed by atoms with Crippen LogP contribution >= 0.6 is 15.9 Å². The molecule has 0 bridgehead atoms. The molecule has 1 fully saturated rings. The number of rotatable bonds is 5. The lowest BCUT2D eigenvalue weighted by Crippen LogP contribution is -2.28. The van der Waals surface area contributed by atoms with Gasteiger partial charge < -0.3 is 0 Å². The zero-order valence-electron chi connectivity index (χ0n) is 9.74. The molecule has 1 nitrogen and oxygen atoms in total. The highest BCUT2D eigenvalue weighted by molar-refractivity contribution is 9.09. The second kappa shape index (κ2) is 6.41. The van der Waals surface area contributed by atoms with Gasteiger partial charge in [-0.3, -0.25) is 4.90 Å². The molecule has 0 aliphatic carbocycles. The standard InChI is InChI=1S/C14H20BrN/c15-10-4-8-14-9-5-11-16(14)12-13-6-2-1-3-7-13/h1-3,6-7,14H,4-5,8-12H2. The van der Waals surface area contributed by atoms with Crippen LogP contribution in [0.5, 0.6) is 0 Å². The Balaban J connectivity index is 1.88. The zero-order chi connectivity index (χ0) is 11.2. The second-order valence-electron chi connectivity index (χ2n) is 4.58. The summed E-state index contributed by atoms with van der Waals surface area (Å²) in [5.74, 6) is 0. The van der Waals surface area contributed by atoms with E-state index in [2.05, 4.69) is 51.2 Å². The molecule has 1 aromatic carbocycles. The highest BCUT2D eigenvalue weighted by atomic mass is 79.9. The van der Waals surface area contributed by atoms with Crippen LogP contribution < -0.4 is 0 Å². The lowest BCUT2D eigenvalue weighted by Gasteiger charge is -2.24.